The summed E-state index contributed by atoms with van der Waals surface area (Å²) in [4.78, 5) is 17.1. The molecule has 0 aromatic heterocycles. The number of amides is 1. The summed E-state index contributed by atoms with van der Waals surface area (Å²) in [6.07, 6.45) is 4.67. The summed E-state index contributed by atoms with van der Waals surface area (Å²) in [6.45, 7) is 3.76. The highest BCUT2D eigenvalue weighted by Crippen LogP contribution is 2.26. The van der Waals surface area contributed by atoms with E-state index in [4.69, 9.17) is 27.9 Å². The third-order valence-corrected chi connectivity index (χ3v) is 5.79. The molecule has 0 radical (unpaired) electrons. The van der Waals surface area contributed by atoms with Gasteiger partial charge < -0.3 is 14.5 Å². The van der Waals surface area contributed by atoms with Crippen LogP contribution in [0.5, 0.6) is 0 Å². The number of benzene rings is 1. The van der Waals surface area contributed by atoms with Crippen molar-refractivity contribution in [2.45, 2.75) is 37.8 Å². The second kappa shape index (κ2) is 8.05. The molecule has 0 spiro atoms. The summed E-state index contributed by atoms with van der Waals surface area (Å²) >= 11 is 12.1. The second-order valence-corrected chi connectivity index (χ2v) is 7.46. The van der Waals surface area contributed by atoms with Crippen LogP contribution in [0.1, 0.15) is 36.0 Å². The third kappa shape index (κ3) is 4.05. The minimum Gasteiger partial charge on any atom is -0.381 e. The molecule has 0 bridgehead atoms. The number of methoxy groups -OCH3 is 1. The van der Waals surface area contributed by atoms with Gasteiger partial charge in [0.1, 0.15) is 0 Å². The molecule has 4 nitrogen and oxygen atoms in total. The minimum atomic E-state index is 0.00760. The molecule has 0 aliphatic carbocycles. The van der Waals surface area contributed by atoms with Gasteiger partial charge in [0.15, 0.2) is 0 Å². The quantitative estimate of drug-likeness (QED) is 0.812. The van der Waals surface area contributed by atoms with Crippen molar-refractivity contribution in [2.75, 3.05) is 33.3 Å². The molecular weight excluding hydrogens is 347 g/mol. The van der Waals surface area contributed by atoms with E-state index in [9.17, 15) is 4.79 Å². The molecule has 2 aliphatic heterocycles. The first-order valence-electron chi connectivity index (χ1n) is 8.59. The second-order valence-electron chi connectivity index (χ2n) is 6.62. The number of nitrogens with zero attached hydrogens (tertiary/aromatic N) is 2. The maximum Gasteiger partial charge on any atom is 0.255 e. The van der Waals surface area contributed by atoms with Crippen LogP contribution in [-0.4, -0.2) is 61.1 Å². The number of ether oxygens (including phenoxy) is 1. The molecule has 1 aromatic rings. The molecule has 1 amide bonds. The van der Waals surface area contributed by atoms with Gasteiger partial charge in [-0.2, -0.15) is 0 Å². The Hall–Kier alpha value is -0.810. The molecule has 24 heavy (non-hydrogen) atoms. The standard InChI is InChI=1S/C18H24Cl2N2O2/c1-24-15-6-10-21(11-7-15)14-4-8-22(9-5-14)18(23)16-3-2-13(19)12-17(16)20/h2-3,12,14-15H,4-11H2,1H3. The molecule has 1 aromatic carbocycles. The van der Waals surface area contributed by atoms with Crippen molar-refractivity contribution in [1.29, 1.82) is 0 Å². The number of likely N-dealkylation sites (tertiary alicyclic amines) is 2. The van der Waals surface area contributed by atoms with Crippen molar-refractivity contribution in [3.63, 3.8) is 0 Å². The fraction of sp³-hybridized carbons (Fsp3) is 0.611. The van der Waals surface area contributed by atoms with Crippen LogP contribution < -0.4 is 0 Å². The summed E-state index contributed by atoms with van der Waals surface area (Å²) in [5, 5.41) is 0.978. The van der Waals surface area contributed by atoms with Gasteiger partial charge >= 0.3 is 0 Å². The van der Waals surface area contributed by atoms with Crippen molar-refractivity contribution in [3.8, 4) is 0 Å². The van der Waals surface area contributed by atoms with Gasteiger partial charge in [-0.15, -0.1) is 0 Å². The number of carbonyl (C=O) groups is 1. The maximum absolute atomic E-state index is 12.7. The average Bonchev–Trinajstić information content (AvgIpc) is 2.61. The van der Waals surface area contributed by atoms with Gasteiger partial charge in [-0.05, 0) is 43.9 Å². The van der Waals surface area contributed by atoms with Crippen LogP contribution in [-0.2, 0) is 4.74 Å². The zero-order valence-electron chi connectivity index (χ0n) is 14.0. The Kier molecular flexibility index (Phi) is 6.03. The first-order valence-corrected chi connectivity index (χ1v) is 9.35. The highest BCUT2D eigenvalue weighted by Gasteiger charge is 2.30. The van der Waals surface area contributed by atoms with Crippen LogP contribution in [0.2, 0.25) is 10.0 Å². The van der Waals surface area contributed by atoms with Crippen molar-refractivity contribution in [3.05, 3.63) is 33.8 Å². The molecule has 0 N–H and O–H groups in total. The van der Waals surface area contributed by atoms with E-state index < -0.39 is 0 Å². The lowest BCUT2D eigenvalue weighted by atomic mass is 9.98. The lowest BCUT2D eigenvalue weighted by Crippen LogP contribution is -2.49. The van der Waals surface area contributed by atoms with E-state index >= 15 is 0 Å². The molecule has 0 unspecified atom stereocenters. The van der Waals surface area contributed by atoms with Crippen molar-refractivity contribution < 1.29 is 9.53 Å². The molecule has 2 aliphatic rings. The third-order valence-electron chi connectivity index (χ3n) is 5.24. The van der Waals surface area contributed by atoms with Gasteiger partial charge in [-0.3, -0.25) is 4.79 Å². The molecule has 2 heterocycles. The van der Waals surface area contributed by atoms with E-state index in [0.717, 1.165) is 51.9 Å². The Balaban J connectivity index is 1.54. The van der Waals surface area contributed by atoms with Crippen LogP contribution >= 0.6 is 23.2 Å². The number of carbonyl (C=O) groups excluding carboxylic acids is 1. The number of rotatable bonds is 3. The van der Waals surface area contributed by atoms with Crippen molar-refractivity contribution >= 4 is 29.1 Å². The smallest absolute Gasteiger partial charge is 0.255 e. The van der Waals surface area contributed by atoms with E-state index in [1.165, 1.54) is 0 Å². The average molecular weight is 371 g/mol. The number of hydrogen-bond acceptors (Lipinski definition) is 3. The molecule has 2 fully saturated rings. The number of piperidine rings is 2. The highest BCUT2D eigenvalue weighted by atomic mass is 35.5. The monoisotopic (exact) mass is 370 g/mol. The fourth-order valence-corrected chi connectivity index (χ4v) is 4.23. The Morgan fingerprint density at radius 1 is 1.08 bits per heavy atom. The van der Waals surface area contributed by atoms with E-state index in [1.54, 1.807) is 25.3 Å². The molecule has 2 saturated heterocycles. The van der Waals surface area contributed by atoms with E-state index in [1.807, 2.05) is 4.90 Å². The molecule has 6 heteroatoms. The van der Waals surface area contributed by atoms with Crippen molar-refractivity contribution in [1.82, 2.24) is 9.80 Å². The summed E-state index contributed by atoms with van der Waals surface area (Å²) < 4.78 is 5.44. The maximum atomic E-state index is 12.7. The summed E-state index contributed by atoms with van der Waals surface area (Å²) in [5.41, 5.74) is 0.542. The van der Waals surface area contributed by atoms with Crippen LogP contribution in [0.25, 0.3) is 0 Å². The zero-order chi connectivity index (χ0) is 17.1. The van der Waals surface area contributed by atoms with E-state index in [0.29, 0.717) is 27.8 Å². The van der Waals surface area contributed by atoms with Gasteiger partial charge in [-0.1, -0.05) is 23.2 Å². The van der Waals surface area contributed by atoms with Gasteiger partial charge in [-0.25, -0.2) is 0 Å². The molecule has 3 rings (SSSR count). The van der Waals surface area contributed by atoms with E-state index in [-0.39, 0.29) is 5.91 Å². The van der Waals surface area contributed by atoms with Gasteiger partial charge in [0.2, 0.25) is 0 Å². The van der Waals surface area contributed by atoms with Crippen LogP contribution in [0, 0.1) is 0 Å². The molecule has 132 valence electrons. The van der Waals surface area contributed by atoms with Crippen LogP contribution in [0.3, 0.4) is 0 Å². The largest absolute Gasteiger partial charge is 0.381 e. The van der Waals surface area contributed by atoms with Crippen molar-refractivity contribution in [2.24, 2.45) is 0 Å². The number of hydrogen-bond donors (Lipinski definition) is 0. The predicted octanol–water partition coefficient (Wildman–Crippen LogP) is 3.71. The highest BCUT2D eigenvalue weighted by molar-refractivity contribution is 6.36. The normalized spacial score (nSPS) is 21.2. The Labute approximate surface area is 153 Å². The van der Waals surface area contributed by atoms with Crippen LogP contribution in [0.4, 0.5) is 0 Å². The summed E-state index contributed by atoms with van der Waals surface area (Å²) in [7, 11) is 1.80. The Bertz CT molecular complexity index is 580. The lowest BCUT2D eigenvalue weighted by Gasteiger charge is -2.41. The molecule has 0 saturated carbocycles. The fourth-order valence-electron chi connectivity index (χ4n) is 3.74. The summed E-state index contributed by atoms with van der Waals surface area (Å²) in [5.74, 6) is 0.00760. The zero-order valence-corrected chi connectivity index (χ0v) is 15.5. The summed E-state index contributed by atoms with van der Waals surface area (Å²) in [6, 6.07) is 5.64. The predicted molar refractivity (Wildman–Crippen MR) is 97.0 cm³/mol. The first kappa shape index (κ1) is 18.0. The molecular formula is C18H24Cl2N2O2. The minimum absolute atomic E-state index is 0.00760. The SMILES string of the molecule is COC1CCN(C2CCN(C(=O)c3ccc(Cl)cc3Cl)CC2)CC1. The Morgan fingerprint density at radius 3 is 2.33 bits per heavy atom. The topological polar surface area (TPSA) is 32.8 Å². The molecule has 0 atom stereocenters. The van der Waals surface area contributed by atoms with Gasteiger partial charge in [0.05, 0.1) is 16.7 Å². The van der Waals surface area contributed by atoms with Crippen LogP contribution in [0.15, 0.2) is 18.2 Å². The number of halogens is 2. The van der Waals surface area contributed by atoms with E-state index in [2.05, 4.69) is 4.90 Å². The first-order chi connectivity index (χ1) is 11.6. The Morgan fingerprint density at radius 2 is 1.75 bits per heavy atom. The van der Waals surface area contributed by atoms with Gasteiger partial charge in [0, 0.05) is 44.4 Å². The lowest BCUT2D eigenvalue weighted by molar-refractivity contribution is 0.0145. The van der Waals surface area contributed by atoms with Gasteiger partial charge in [0.25, 0.3) is 5.91 Å².